The fraction of sp³-hybridized carbons (Fsp3) is 0.474. The van der Waals surface area contributed by atoms with Gasteiger partial charge in [-0.2, -0.15) is 0 Å². The van der Waals surface area contributed by atoms with Crippen molar-refractivity contribution in [2.45, 2.75) is 45.1 Å². The summed E-state index contributed by atoms with van der Waals surface area (Å²) < 4.78 is 0. The molecule has 2 aliphatic rings. The predicted molar refractivity (Wildman–Crippen MR) is 92.1 cm³/mol. The first-order valence-electron chi connectivity index (χ1n) is 8.32. The number of allylic oxidation sites excluding steroid dienone is 1. The van der Waals surface area contributed by atoms with Crippen molar-refractivity contribution in [3.05, 3.63) is 47.0 Å². The molecular weight excluding hydrogens is 306 g/mol. The van der Waals surface area contributed by atoms with Crippen LogP contribution in [0.5, 0.6) is 0 Å². The predicted octanol–water partition coefficient (Wildman–Crippen LogP) is 3.43. The van der Waals surface area contributed by atoms with Gasteiger partial charge in [0.1, 0.15) is 0 Å². The number of aliphatic carboxylic acids is 2. The van der Waals surface area contributed by atoms with E-state index < -0.39 is 11.9 Å². The summed E-state index contributed by atoms with van der Waals surface area (Å²) in [5.41, 5.74) is 4.66. The lowest BCUT2D eigenvalue weighted by molar-refractivity contribution is -0.159. The summed E-state index contributed by atoms with van der Waals surface area (Å²) in [5.74, 6) is -2.83. The Morgan fingerprint density at radius 3 is 2.38 bits per heavy atom. The third-order valence-electron chi connectivity index (χ3n) is 4.66. The van der Waals surface area contributed by atoms with Crippen LogP contribution in [0.15, 0.2) is 35.9 Å². The molecule has 1 saturated heterocycles. The molecule has 0 amide bonds. The summed E-state index contributed by atoms with van der Waals surface area (Å²) in [6, 6.07) is 9.78. The highest BCUT2D eigenvalue weighted by Crippen LogP contribution is 2.47. The summed E-state index contributed by atoms with van der Waals surface area (Å²) in [4.78, 5) is 20.9. The zero-order valence-corrected chi connectivity index (χ0v) is 14.2. The Kier molecular flexibility index (Phi) is 6.15. The number of carboxylic acid groups (broad SMARTS) is 2. The molecule has 5 heteroatoms. The maximum atomic E-state index is 9.10. The summed E-state index contributed by atoms with van der Waals surface area (Å²) >= 11 is 0. The molecule has 1 aromatic rings. The zero-order chi connectivity index (χ0) is 17.7. The third-order valence-corrected chi connectivity index (χ3v) is 4.66. The van der Waals surface area contributed by atoms with Crippen LogP contribution in [0.3, 0.4) is 0 Å². The zero-order valence-electron chi connectivity index (χ0n) is 14.2. The molecule has 3 rings (SSSR count). The average Bonchev–Trinajstić information content (AvgIpc) is 2.75. The summed E-state index contributed by atoms with van der Waals surface area (Å²) in [6.07, 6.45) is 6.45. The maximum absolute atomic E-state index is 9.10. The number of hydrogen-bond acceptors (Lipinski definition) is 3. The molecule has 1 aromatic carbocycles. The molecule has 24 heavy (non-hydrogen) atoms. The van der Waals surface area contributed by atoms with Crippen molar-refractivity contribution >= 4 is 11.9 Å². The van der Waals surface area contributed by atoms with E-state index in [2.05, 4.69) is 49.1 Å². The Labute approximate surface area is 142 Å². The molecule has 130 valence electrons. The maximum Gasteiger partial charge on any atom is 0.414 e. The van der Waals surface area contributed by atoms with Gasteiger partial charge >= 0.3 is 11.9 Å². The van der Waals surface area contributed by atoms with E-state index in [9.17, 15) is 0 Å². The molecule has 5 nitrogen and oxygen atoms in total. The Morgan fingerprint density at radius 1 is 1.17 bits per heavy atom. The van der Waals surface area contributed by atoms with Gasteiger partial charge in [-0.15, -0.1) is 0 Å². The fourth-order valence-corrected chi connectivity index (χ4v) is 3.54. The van der Waals surface area contributed by atoms with Crippen molar-refractivity contribution in [1.29, 1.82) is 0 Å². The van der Waals surface area contributed by atoms with Gasteiger partial charge in [0, 0.05) is 12.6 Å². The van der Waals surface area contributed by atoms with Gasteiger partial charge < -0.3 is 10.2 Å². The van der Waals surface area contributed by atoms with Gasteiger partial charge in [0.15, 0.2) is 0 Å². The number of carbonyl (C=O) groups is 2. The number of benzene rings is 1. The standard InChI is InChI=1S/C17H23N.C2H2O4/c1-13(2)9-11-18-10-5-6-14-12-17(18)16-8-4-3-7-15(14)16;3-1(4)2(5)6/h3-4,7-9,14,17H,5-6,10-12H2,1-2H3;(H,3,4)(H,5,6)/t14-,17+;/m0./s1. The topological polar surface area (TPSA) is 77.8 Å². The highest BCUT2D eigenvalue weighted by molar-refractivity contribution is 6.27. The van der Waals surface area contributed by atoms with E-state index >= 15 is 0 Å². The molecule has 1 aliphatic carbocycles. The number of nitrogens with zero attached hydrogens (tertiary/aromatic N) is 1. The normalized spacial score (nSPS) is 21.8. The Hall–Kier alpha value is -2.14. The van der Waals surface area contributed by atoms with Gasteiger partial charge in [0.25, 0.3) is 0 Å². The lowest BCUT2D eigenvalue weighted by Crippen LogP contribution is -2.28. The third kappa shape index (κ3) is 4.45. The minimum absolute atomic E-state index is 0.671. The van der Waals surface area contributed by atoms with Crippen molar-refractivity contribution in [3.63, 3.8) is 0 Å². The summed E-state index contributed by atoms with van der Waals surface area (Å²) in [5, 5.41) is 14.8. The molecule has 0 saturated carbocycles. The minimum atomic E-state index is -1.82. The van der Waals surface area contributed by atoms with Crippen molar-refractivity contribution in [2.24, 2.45) is 0 Å². The number of hydrogen-bond donors (Lipinski definition) is 2. The van der Waals surface area contributed by atoms with Crippen LogP contribution in [0.1, 0.15) is 56.2 Å². The van der Waals surface area contributed by atoms with Crippen LogP contribution in [-0.4, -0.2) is 40.1 Å². The summed E-state index contributed by atoms with van der Waals surface area (Å²) in [6.45, 7) is 6.78. The van der Waals surface area contributed by atoms with Gasteiger partial charge in [0.2, 0.25) is 0 Å². The first-order chi connectivity index (χ1) is 11.4. The SMILES string of the molecule is CC(C)=CCN1CCC[C@H]2C[C@@H]1c1ccccc12.O=C(O)C(=O)O. The monoisotopic (exact) mass is 331 g/mol. The highest BCUT2D eigenvalue weighted by atomic mass is 16.4. The van der Waals surface area contributed by atoms with Gasteiger partial charge in [-0.05, 0) is 56.7 Å². The smallest absolute Gasteiger partial charge is 0.414 e. The van der Waals surface area contributed by atoms with Crippen LogP contribution in [-0.2, 0) is 9.59 Å². The Balaban J connectivity index is 0.000000301. The van der Waals surface area contributed by atoms with E-state index in [0.29, 0.717) is 6.04 Å². The molecule has 0 spiro atoms. The first kappa shape index (κ1) is 18.2. The molecule has 2 bridgehead atoms. The molecule has 1 aliphatic heterocycles. The van der Waals surface area contributed by atoms with Crippen molar-refractivity contribution in [2.75, 3.05) is 13.1 Å². The van der Waals surface area contributed by atoms with Crippen LogP contribution in [0.2, 0.25) is 0 Å². The van der Waals surface area contributed by atoms with Crippen LogP contribution in [0, 0.1) is 0 Å². The molecule has 2 N–H and O–H groups in total. The molecule has 1 fully saturated rings. The van der Waals surface area contributed by atoms with E-state index in [1.54, 1.807) is 11.1 Å². The number of rotatable bonds is 2. The molecule has 1 heterocycles. The van der Waals surface area contributed by atoms with Gasteiger partial charge in [0.05, 0.1) is 0 Å². The lowest BCUT2D eigenvalue weighted by Gasteiger charge is -2.28. The number of likely N-dealkylation sites (tertiary alicyclic amines) is 1. The second-order valence-electron chi connectivity index (χ2n) is 6.61. The summed E-state index contributed by atoms with van der Waals surface area (Å²) in [7, 11) is 0. The lowest BCUT2D eigenvalue weighted by atomic mass is 9.96. The average molecular weight is 331 g/mol. The van der Waals surface area contributed by atoms with Crippen LogP contribution in [0.4, 0.5) is 0 Å². The van der Waals surface area contributed by atoms with Crippen molar-refractivity contribution in [3.8, 4) is 0 Å². The van der Waals surface area contributed by atoms with E-state index in [0.717, 1.165) is 12.5 Å². The van der Waals surface area contributed by atoms with Gasteiger partial charge in [-0.25, -0.2) is 9.59 Å². The highest BCUT2D eigenvalue weighted by Gasteiger charge is 2.35. The van der Waals surface area contributed by atoms with E-state index in [4.69, 9.17) is 19.8 Å². The van der Waals surface area contributed by atoms with Gasteiger partial charge in [-0.3, -0.25) is 4.90 Å². The van der Waals surface area contributed by atoms with Crippen LogP contribution >= 0.6 is 0 Å². The van der Waals surface area contributed by atoms with Crippen LogP contribution in [0.25, 0.3) is 0 Å². The van der Waals surface area contributed by atoms with E-state index in [1.165, 1.54) is 31.4 Å². The fourth-order valence-electron chi connectivity index (χ4n) is 3.54. The minimum Gasteiger partial charge on any atom is -0.473 e. The molecule has 0 aromatic heterocycles. The second-order valence-corrected chi connectivity index (χ2v) is 6.61. The molecule has 2 atom stereocenters. The molecule has 0 radical (unpaired) electrons. The number of carboxylic acids is 2. The van der Waals surface area contributed by atoms with Crippen molar-refractivity contribution < 1.29 is 19.8 Å². The molecule has 0 unspecified atom stereocenters. The van der Waals surface area contributed by atoms with E-state index in [1.807, 2.05) is 0 Å². The van der Waals surface area contributed by atoms with E-state index in [-0.39, 0.29) is 0 Å². The Bertz CT molecular complexity index is 622. The Morgan fingerprint density at radius 2 is 1.79 bits per heavy atom. The van der Waals surface area contributed by atoms with Gasteiger partial charge in [-0.1, -0.05) is 35.9 Å². The quantitative estimate of drug-likeness (QED) is 0.641. The van der Waals surface area contributed by atoms with Crippen molar-refractivity contribution in [1.82, 2.24) is 4.90 Å². The second kappa shape index (κ2) is 8.11. The number of fused-ring (bicyclic) bond motifs is 5. The molecular formula is C19H25NO4. The first-order valence-corrected chi connectivity index (χ1v) is 8.32. The van der Waals surface area contributed by atoms with Crippen LogP contribution < -0.4 is 0 Å². The largest absolute Gasteiger partial charge is 0.473 e.